The minimum Gasteiger partial charge on any atom is -0.489 e. The van der Waals surface area contributed by atoms with E-state index in [4.69, 9.17) is 9.26 Å². The second-order valence-electron chi connectivity index (χ2n) is 4.57. The highest BCUT2D eigenvalue weighted by Crippen LogP contribution is 2.31. The Bertz CT molecular complexity index is 636. The number of fused-ring (bicyclic) bond motifs is 1. The Morgan fingerprint density at radius 3 is 3.20 bits per heavy atom. The van der Waals surface area contributed by atoms with E-state index < -0.39 is 0 Å². The number of ether oxygens (including phenoxy) is 1. The number of aryl methyl sites for hydroxylation is 1. The van der Waals surface area contributed by atoms with Crippen LogP contribution in [0.4, 0.5) is 5.69 Å². The third-order valence-electron chi connectivity index (χ3n) is 3.02. The number of hydrogen-bond acceptors (Lipinski definition) is 5. The van der Waals surface area contributed by atoms with E-state index in [-0.39, 0.29) is 5.91 Å². The first kappa shape index (κ1) is 12.5. The predicted octanol–water partition coefficient (Wildman–Crippen LogP) is 1.72. The van der Waals surface area contributed by atoms with Crippen LogP contribution in [0.5, 0.6) is 5.75 Å². The molecular formula is C14H15N3O3. The van der Waals surface area contributed by atoms with E-state index in [9.17, 15) is 4.79 Å². The SMILES string of the molecule is Cc1cc(CNC(=O)c2cccc3c2OCCN3)on1. The summed E-state index contributed by atoms with van der Waals surface area (Å²) in [5.74, 6) is 1.03. The summed E-state index contributed by atoms with van der Waals surface area (Å²) in [4.78, 5) is 12.2. The minimum atomic E-state index is -0.195. The van der Waals surface area contributed by atoms with Crippen LogP contribution in [0.15, 0.2) is 28.8 Å². The van der Waals surface area contributed by atoms with Gasteiger partial charge >= 0.3 is 0 Å². The second kappa shape index (κ2) is 5.24. The van der Waals surface area contributed by atoms with E-state index >= 15 is 0 Å². The van der Waals surface area contributed by atoms with Crippen LogP contribution in [0, 0.1) is 6.92 Å². The van der Waals surface area contributed by atoms with Crippen LogP contribution in [-0.2, 0) is 6.54 Å². The Morgan fingerprint density at radius 2 is 2.40 bits per heavy atom. The zero-order valence-electron chi connectivity index (χ0n) is 11.1. The molecule has 0 bridgehead atoms. The van der Waals surface area contributed by atoms with Crippen molar-refractivity contribution in [2.75, 3.05) is 18.5 Å². The van der Waals surface area contributed by atoms with Crippen molar-refractivity contribution < 1.29 is 14.1 Å². The molecule has 6 nitrogen and oxygen atoms in total. The van der Waals surface area contributed by atoms with Crippen molar-refractivity contribution in [1.29, 1.82) is 0 Å². The van der Waals surface area contributed by atoms with Gasteiger partial charge in [0.2, 0.25) is 0 Å². The number of para-hydroxylation sites is 1. The first-order valence-corrected chi connectivity index (χ1v) is 6.44. The number of benzene rings is 1. The maximum Gasteiger partial charge on any atom is 0.255 e. The van der Waals surface area contributed by atoms with Crippen LogP contribution >= 0.6 is 0 Å². The van der Waals surface area contributed by atoms with Gasteiger partial charge in [-0.15, -0.1) is 0 Å². The standard InChI is InChI=1S/C14H15N3O3/c1-9-7-10(20-17-9)8-16-14(18)11-3-2-4-12-13(11)19-6-5-15-12/h2-4,7,15H,5-6,8H2,1H3,(H,16,18). The Labute approximate surface area is 116 Å². The molecule has 2 N–H and O–H groups in total. The van der Waals surface area contributed by atoms with Gasteiger partial charge in [0.1, 0.15) is 6.61 Å². The summed E-state index contributed by atoms with van der Waals surface area (Å²) in [5, 5.41) is 9.78. The van der Waals surface area contributed by atoms with Crippen molar-refractivity contribution in [1.82, 2.24) is 10.5 Å². The minimum absolute atomic E-state index is 0.195. The molecule has 1 aromatic carbocycles. The summed E-state index contributed by atoms with van der Waals surface area (Å²) in [7, 11) is 0. The molecule has 0 radical (unpaired) electrons. The van der Waals surface area contributed by atoms with E-state index in [1.807, 2.05) is 19.1 Å². The van der Waals surface area contributed by atoms with Gasteiger partial charge in [0.15, 0.2) is 11.5 Å². The quantitative estimate of drug-likeness (QED) is 0.890. The van der Waals surface area contributed by atoms with Gasteiger partial charge in [-0.05, 0) is 19.1 Å². The van der Waals surface area contributed by atoms with E-state index in [2.05, 4.69) is 15.8 Å². The van der Waals surface area contributed by atoms with E-state index in [0.717, 1.165) is 17.9 Å². The largest absolute Gasteiger partial charge is 0.489 e. The normalized spacial score (nSPS) is 13.1. The van der Waals surface area contributed by atoms with Crippen LogP contribution in [0.1, 0.15) is 21.8 Å². The summed E-state index contributed by atoms with van der Waals surface area (Å²) >= 11 is 0. The summed E-state index contributed by atoms with van der Waals surface area (Å²) < 4.78 is 10.6. The molecule has 0 unspecified atom stereocenters. The van der Waals surface area contributed by atoms with Gasteiger partial charge in [0.25, 0.3) is 5.91 Å². The van der Waals surface area contributed by atoms with Gasteiger partial charge in [-0.25, -0.2) is 0 Å². The fourth-order valence-corrected chi connectivity index (χ4v) is 2.11. The van der Waals surface area contributed by atoms with Gasteiger partial charge in [-0.3, -0.25) is 4.79 Å². The molecule has 2 heterocycles. The summed E-state index contributed by atoms with van der Waals surface area (Å²) in [6.07, 6.45) is 0. The lowest BCUT2D eigenvalue weighted by atomic mass is 10.1. The topological polar surface area (TPSA) is 76.4 Å². The molecule has 3 rings (SSSR count). The highest BCUT2D eigenvalue weighted by molar-refractivity contribution is 5.98. The van der Waals surface area contributed by atoms with E-state index in [1.165, 1.54) is 0 Å². The highest BCUT2D eigenvalue weighted by Gasteiger charge is 2.19. The smallest absolute Gasteiger partial charge is 0.255 e. The third kappa shape index (κ3) is 2.45. The Morgan fingerprint density at radius 1 is 1.50 bits per heavy atom. The maximum absolute atomic E-state index is 12.2. The molecule has 0 aliphatic carbocycles. The number of anilines is 1. The average Bonchev–Trinajstić information content (AvgIpc) is 2.90. The van der Waals surface area contributed by atoms with E-state index in [0.29, 0.717) is 30.2 Å². The molecule has 1 aromatic heterocycles. The van der Waals surface area contributed by atoms with Gasteiger partial charge in [-0.2, -0.15) is 0 Å². The number of nitrogens with zero attached hydrogens (tertiary/aromatic N) is 1. The number of aromatic nitrogens is 1. The number of carbonyl (C=O) groups is 1. The van der Waals surface area contributed by atoms with Crippen molar-refractivity contribution in [2.45, 2.75) is 13.5 Å². The van der Waals surface area contributed by atoms with Crippen molar-refractivity contribution in [3.8, 4) is 5.75 Å². The molecule has 2 aromatic rings. The Balaban J connectivity index is 1.74. The maximum atomic E-state index is 12.2. The van der Waals surface area contributed by atoms with Crippen molar-refractivity contribution in [3.05, 3.63) is 41.3 Å². The van der Waals surface area contributed by atoms with Crippen molar-refractivity contribution in [2.24, 2.45) is 0 Å². The lowest BCUT2D eigenvalue weighted by molar-refractivity contribution is 0.0943. The summed E-state index contributed by atoms with van der Waals surface area (Å²) in [6, 6.07) is 7.25. The van der Waals surface area contributed by atoms with Crippen LogP contribution in [0.2, 0.25) is 0 Å². The fourth-order valence-electron chi connectivity index (χ4n) is 2.11. The molecule has 1 aliphatic heterocycles. The first-order chi connectivity index (χ1) is 9.74. The predicted molar refractivity (Wildman–Crippen MR) is 72.8 cm³/mol. The number of nitrogens with one attached hydrogen (secondary N) is 2. The van der Waals surface area contributed by atoms with Gasteiger partial charge in [0, 0.05) is 12.6 Å². The fraction of sp³-hybridized carbons (Fsp3) is 0.286. The van der Waals surface area contributed by atoms with Gasteiger partial charge in [0.05, 0.1) is 23.5 Å². The number of amides is 1. The van der Waals surface area contributed by atoms with Crippen LogP contribution < -0.4 is 15.4 Å². The lowest BCUT2D eigenvalue weighted by Gasteiger charge is -2.21. The molecule has 0 atom stereocenters. The first-order valence-electron chi connectivity index (χ1n) is 6.44. The zero-order chi connectivity index (χ0) is 13.9. The van der Waals surface area contributed by atoms with Gasteiger partial charge in [-0.1, -0.05) is 11.2 Å². The molecular weight excluding hydrogens is 258 g/mol. The molecule has 0 fully saturated rings. The average molecular weight is 273 g/mol. The summed E-state index contributed by atoms with van der Waals surface area (Å²) in [5.41, 5.74) is 2.16. The molecule has 104 valence electrons. The molecule has 1 amide bonds. The zero-order valence-corrected chi connectivity index (χ0v) is 11.1. The molecule has 1 aliphatic rings. The van der Waals surface area contributed by atoms with Crippen molar-refractivity contribution in [3.63, 3.8) is 0 Å². The van der Waals surface area contributed by atoms with Crippen LogP contribution in [0.3, 0.4) is 0 Å². The Kier molecular flexibility index (Phi) is 3.28. The highest BCUT2D eigenvalue weighted by atomic mass is 16.5. The second-order valence-corrected chi connectivity index (χ2v) is 4.57. The van der Waals surface area contributed by atoms with E-state index in [1.54, 1.807) is 12.1 Å². The monoisotopic (exact) mass is 273 g/mol. The van der Waals surface area contributed by atoms with Gasteiger partial charge < -0.3 is 19.9 Å². The molecule has 0 saturated heterocycles. The van der Waals surface area contributed by atoms with Crippen LogP contribution in [0.25, 0.3) is 0 Å². The molecule has 0 spiro atoms. The number of carbonyl (C=O) groups excluding carboxylic acids is 1. The Hall–Kier alpha value is -2.50. The summed E-state index contributed by atoms with van der Waals surface area (Å²) in [6.45, 7) is 3.44. The number of rotatable bonds is 3. The molecule has 6 heteroatoms. The number of hydrogen-bond donors (Lipinski definition) is 2. The molecule has 20 heavy (non-hydrogen) atoms. The lowest BCUT2D eigenvalue weighted by Crippen LogP contribution is -2.26. The molecule has 0 saturated carbocycles. The van der Waals surface area contributed by atoms with Crippen molar-refractivity contribution >= 4 is 11.6 Å². The third-order valence-corrected chi connectivity index (χ3v) is 3.02. The van der Waals surface area contributed by atoms with Crippen LogP contribution in [-0.4, -0.2) is 24.2 Å².